The summed E-state index contributed by atoms with van der Waals surface area (Å²) in [6.07, 6.45) is 2.98. The molecule has 2 aromatic carbocycles. The van der Waals surface area contributed by atoms with E-state index in [0.717, 1.165) is 5.56 Å². The molecule has 37 heavy (non-hydrogen) atoms. The molecule has 12 heteroatoms. The number of hydrogen-bond acceptors (Lipinski definition) is 8. The Balaban J connectivity index is 1.31. The molecule has 0 bridgehead atoms. The number of pyridine rings is 2. The fourth-order valence-corrected chi connectivity index (χ4v) is 4.20. The number of nitrogens with zero attached hydrogens (tertiary/aromatic N) is 5. The van der Waals surface area contributed by atoms with Crippen LogP contribution in [-0.4, -0.2) is 39.1 Å². The second-order valence-corrected chi connectivity index (χ2v) is 9.34. The third kappa shape index (κ3) is 5.50. The van der Waals surface area contributed by atoms with Crippen LogP contribution in [-0.2, 0) is 10.0 Å². The fraction of sp³-hybridized carbons (Fsp3) is 0. The van der Waals surface area contributed by atoms with E-state index in [1.54, 1.807) is 35.1 Å². The van der Waals surface area contributed by atoms with Crippen LogP contribution >= 0.6 is 0 Å². The van der Waals surface area contributed by atoms with Crippen molar-refractivity contribution in [3.8, 4) is 17.2 Å². The van der Waals surface area contributed by atoms with Crippen molar-refractivity contribution in [2.75, 3.05) is 5.32 Å². The molecule has 0 radical (unpaired) electrons. The van der Waals surface area contributed by atoms with E-state index in [0.29, 0.717) is 17.5 Å². The summed E-state index contributed by atoms with van der Waals surface area (Å²) in [5.41, 5.74) is 3.19. The summed E-state index contributed by atoms with van der Waals surface area (Å²) in [6, 6.07) is 25.8. The van der Waals surface area contributed by atoms with Crippen molar-refractivity contribution < 1.29 is 13.2 Å². The van der Waals surface area contributed by atoms with Crippen LogP contribution in [0, 0.1) is 0 Å². The lowest BCUT2D eigenvalue weighted by molar-refractivity contribution is 0.0945. The number of hydrazine groups is 1. The quantitative estimate of drug-likeness (QED) is 0.269. The minimum Gasteiger partial charge on any atom is -0.307 e. The van der Waals surface area contributed by atoms with Crippen LogP contribution in [0.15, 0.2) is 108 Å². The number of anilines is 2. The van der Waals surface area contributed by atoms with Crippen LogP contribution in [0.4, 0.5) is 11.8 Å². The van der Waals surface area contributed by atoms with Crippen LogP contribution in [0.2, 0.25) is 0 Å². The topological polar surface area (TPSA) is 144 Å². The maximum absolute atomic E-state index is 12.4. The minimum absolute atomic E-state index is 0.0282. The lowest BCUT2D eigenvalue weighted by Gasteiger charge is -2.08. The molecule has 0 aliphatic rings. The van der Waals surface area contributed by atoms with Crippen LogP contribution in [0.5, 0.6) is 0 Å². The van der Waals surface area contributed by atoms with Crippen molar-refractivity contribution in [1.82, 2.24) is 35.0 Å². The Morgan fingerprint density at radius 1 is 0.811 bits per heavy atom. The summed E-state index contributed by atoms with van der Waals surface area (Å²) in [7, 11) is -3.90. The highest BCUT2D eigenvalue weighted by atomic mass is 32.2. The Morgan fingerprint density at radius 2 is 1.54 bits per heavy atom. The number of carbonyl (C=O) groups is 1. The number of hydrogen-bond donors (Lipinski definition) is 3. The van der Waals surface area contributed by atoms with Gasteiger partial charge in [-0.2, -0.15) is 9.67 Å². The van der Waals surface area contributed by atoms with Crippen LogP contribution in [0.1, 0.15) is 10.4 Å². The van der Waals surface area contributed by atoms with Gasteiger partial charge in [0.1, 0.15) is 5.82 Å². The van der Waals surface area contributed by atoms with Gasteiger partial charge in [-0.05, 0) is 36.4 Å². The second-order valence-electron chi connectivity index (χ2n) is 7.65. The minimum atomic E-state index is -3.90. The Hall–Kier alpha value is -4.94. The van der Waals surface area contributed by atoms with Gasteiger partial charge >= 0.3 is 0 Å². The van der Waals surface area contributed by atoms with Gasteiger partial charge in [0.05, 0.1) is 10.5 Å². The predicted molar refractivity (Wildman–Crippen MR) is 136 cm³/mol. The number of amides is 1. The molecular weight excluding hydrogens is 492 g/mol. The number of sulfonamides is 1. The van der Waals surface area contributed by atoms with Gasteiger partial charge in [-0.15, -0.1) is 9.93 Å². The van der Waals surface area contributed by atoms with E-state index in [4.69, 9.17) is 0 Å². The van der Waals surface area contributed by atoms with Crippen LogP contribution in [0.25, 0.3) is 17.2 Å². The lowest BCUT2D eigenvalue weighted by Crippen LogP contribution is -2.41. The summed E-state index contributed by atoms with van der Waals surface area (Å²) in [4.78, 5) is 27.7. The lowest BCUT2D eigenvalue weighted by atomic mass is 10.2. The first-order chi connectivity index (χ1) is 18.0. The van der Waals surface area contributed by atoms with Gasteiger partial charge in [-0.25, -0.2) is 18.4 Å². The van der Waals surface area contributed by atoms with Crippen LogP contribution < -0.4 is 15.6 Å². The van der Waals surface area contributed by atoms with Crippen LogP contribution in [0.3, 0.4) is 0 Å². The van der Waals surface area contributed by atoms with E-state index in [9.17, 15) is 13.2 Å². The zero-order chi connectivity index (χ0) is 25.7. The van der Waals surface area contributed by atoms with E-state index in [1.165, 1.54) is 24.4 Å². The van der Waals surface area contributed by atoms with Crippen molar-refractivity contribution in [2.45, 2.75) is 4.90 Å². The number of carbonyl (C=O) groups excluding carboxylic acids is 1. The first kappa shape index (κ1) is 23.8. The molecule has 3 aromatic heterocycles. The number of benzene rings is 2. The highest BCUT2D eigenvalue weighted by Gasteiger charge is 2.17. The monoisotopic (exact) mass is 512 g/mol. The highest BCUT2D eigenvalue weighted by Crippen LogP contribution is 2.23. The number of nitrogens with one attached hydrogen (secondary N) is 3. The summed E-state index contributed by atoms with van der Waals surface area (Å²) >= 11 is 0. The molecule has 0 spiro atoms. The maximum atomic E-state index is 12.4. The Labute approximate surface area is 212 Å². The van der Waals surface area contributed by atoms with Crippen molar-refractivity contribution in [2.24, 2.45) is 0 Å². The van der Waals surface area contributed by atoms with E-state index >= 15 is 0 Å². The SMILES string of the molecule is O=C(NNS(=O)(=O)c1ccccc1)c1ccc(Nc2nc(-c3ccccc3)n(-c3ccccn3)n2)nc1. The zero-order valence-corrected chi connectivity index (χ0v) is 20.0. The molecule has 0 unspecified atom stereocenters. The molecule has 0 atom stereocenters. The molecule has 5 rings (SSSR count). The predicted octanol–water partition coefficient (Wildman–Crippen LogP) is 3.09. The van der Waals surface area contributed by atoms with Crippen molar-refractivity contribution in [3.05, 3.63) is 109 Å². The molecule has 11 nitrogen and oxygen atoms in total. The zero-order valence-electron chi connectivity index (χ0n) is 19.2. The average Bonchev–Trinajstić information content (AvgIpc) is 3.37. The molecular formula is C25H20N8O3S. The smallest absolute Gasteiger partial charge is 0.267 e. The van der Waals surface area contributed by atoms with Gasteiger partial charge in [-0.3, -0.25) is 10.2 Å². The molecule has 0 aliphatic heterocycles. The Morgan fingerprint density at radius 3 is 2.22 bits per heavy atom. The largest absolute Gasteiger partial charge is 0.307 e. The summed E-state index contributed by atoms with van der Waals surface area (Å²) in [5.74, 6) is 1.19. The van der Waals surface area contributed by atoms with E-state index < -0.39 is 15.9 Å². The van der Waals surface area contributed by atoms with Gasteiger partial charge < -0.3 is 5.32 Å². The summed E-state index contributed by atoms with van der Waals surface area (Å²) in [6.45, 7) is 0. The fourth-order valence-electron chi connectivity index (χ4n) is 3.34. The molecule has 0 aliphatic carbocycles. The van der Waals surface area contributed by atoms with Gasteiger partial charge in [0, 0.05) is 18.0 Å². The third-order valence-corrected chi connectivity index (χ3v) is 6.39. The van der Waals surface area contributed by atoms with Crippen molar-refractivity contribution >= 4 is 27.7 Å². The molecule has 1 amide bonds. The number of aromatic nitrogens is 5. The molecule has 0 saturated heterocycles. The van der Waals surface area contributed by atoms with Crippen molar-refractivity contribution in [3.63, 3.8) is 0 Å². The van der Waals surface area contributed by atoms with E-state index in [2.05, 4.69) is 35.6 Å². The molecule has 184 valence electrons. The molecule has 3 N–H and O–H groups in total. The van der Waals surface area contributed by atoms with Gasteiger partial charge in [0.15, 0.2) is 11.6 Å². The standard InChI is InChI=1S/C25H20N8O3S/c34-24(30-32-37(35,36)20-11-5-2-6-12-20)19-14-15-21(27-17-19)28-25-29-23(18-9-3-1-4-10-18)33(31-25)22-13-7-8-16-26-22/h1-17,32H,(H,30,34)(H,27,28,31). The van der Waals surface area contributed by atoms with Crippen molar-refractivity contribution in [1.29, 1.82) is 0 Å². The highest BCUT2D eigenvalue weighted by molar-refractivity contribution is 7.89. The molecule has 5 aromatic rings. The number of rotatable bonds is 8. The Bertz CT molecular complexity index is 1550. The summed E-state index contributed by atoms with van der Waals surface area (Å²) < 4.78 is 26.2. The van der Waals surface area contributed by atoms with Gasteiger partial charge in [0.25, 0.3) is 15.9 Å². The third-order valence-electron chi connectivity index (χ3n) is 5.12. The average molecular weight is 513 g/mol. The van der Waals surface area contributed by atoms with Gasteiger partial charge in [-0.1, -0.05) is 54.6 Å². The molecule has 0 fully saturated rings. The molecule has 0 saturated carbocycles. The normalized spacial score (nSPS) is 11.1. The summed E-state index contributed by atoms with van der Waals surface area (Å²) in [5, 5.41) is 7.55. The maximum Gasteiger partial charge on any atom is 0.267 e. The Kier molecular flexibility index (Phi) is 6.66. The second kappa shape index (κ2) is 10.4. The first-order valence-electron chi connectivity index (χ1n) is 11.0. The molecule has 3 heterocycles. The first-order valence-corrected chi connectivity index (χ1v) is 12.5. The van der Waals surface area contributed by atoms with E-state index in [1.807, 2.05) is 48.5 Å². The van der Waals surface area contributed by atoms with Gasteiger partial charge in [0.2, 0.25) is 5.95 Å². The van der Waals surface area contributed by atoms with E-state index in [-0.39, 0.29) is 16.4 Å².